The van der Waals surface area contributed by atoms with E-state index in [-0.39, 0.29) is 0 Å². The van der Waals surface area contributed by atoms with E-state index in [1.165, 1.54) is 5.56 Å². The van der Waals surface area contributed by atoms with Crippen LogP contribution in [0.3, 0.4) is 0 Å². The summed E-state index contributed by atoms with van der Waals surface area (Å²) in [5.41, 5.74) is 2.74. The minimum absolute atomic E-state index is 0.552. The van der Waals surface area contributed by atoms with Gasteiger partial charge in [0, 0.05) is 17.4 Å². The first kappa shape index (κ1) is 12.1. The molecule has 0 saturated heterocycles. The molecule has 0 saturated carbocycles. The van der Waals surface area contributed by atoms with Crippen LogP contribution in [0, 0.1) is 6.92 Å². The van der Waals surface area contributed by atoms with E-state index in [9.17, 15) is 5.11 Å². The fraction of sp³-hybridized carbons (Fsp3) is 0.250. The normalized spacial score (nSPS) is 13.0. The predicted molar refractivity (Wildman–Crippen MR) is 73.1 cm³/mol. The predicted octanol–water partition coefficient (Wildman–Crippen LogP) is 3.98. The van der Waals surface area contributed by atoms with Crippen molar-refractivity contribution in [2.24, 2.45) is 0 Å². The molecule has 0 bridgehead atoms. The van der Waals surface area contributed by atoms with Gasteiger partial charge in [-0.1, -0.05) is 18.6 Å². The monoisotopic (exact) mass is 256 g/mol. The Labute approximate surface area is 111 Å². The molecule has 0 fully saturated rings. The molecule has 0 aliphatic heterocycles. The molecule has 3 nitrogen and oxygen atoms in total. The average Bonchev–Trinajstić information content (AvgIpc) is 3.03. The van der Waals surface area contributed by atoms with E-state index in [4.69, 9.17) is 8.83 Å². The van der Waals surface area contributed by atoms with Crippen LogP contribution in [0.15, 0.2) is 45.4 Å². The summed E-state index contributed by atoms with van der Waals surface area (Å²) in [6, 6.07) is 9.65. The summed E-state index contributed by atoms with van der Waals surface area (Å²) in [6.07, 6.45) is 1.57. The molecule has 3 rings (SSSR count). The van der Waals surface area contributed by atoms with Crippen LogP contribution in [-0.2, 0) is 6.42 Å². The lowest BCUT2D eigenvalue weighted by atomic mass is 10.1. The second-order valence-corrected chi connectivity index (χ2v) is 4.75. The number of fused-ring (bicyclic) bond motifs is 1. The maximum absolute atomic E-state index is 10.4. The SMILES string of the molecule is CCc1occc1C(O)c1cc2cc(C)ccc2o1. The van der Waals surface area contributed by atoms with Gasteiger partial charge in [0.2, 0.25) is 0 Å². The number of hydrogen-bond donors (Lipinski definition) is 1. The van der Waals surface area contributed by atoms with Gasteiger partial charge in [-0.2, -0.15) is 0 Å². The van der Waals surface area contributed by atoms with Crippen LogP contribution in [0.25, 0.3) is 11.0 Å². The van der Waals surface area contributed by atoms with Crippen molar-refractivity contribution in [2.45, 2.75) is 26.4 Å². The van der Waals surface area contributed by atoms with Crippen LogP contribution in [0.1, 0.15) is 35.7 Å². The third kappa shape index (κ3) is 2.06. The van der Waals surface area contributed by atoms with Crippen LogP contribution in [0.4, 0.5) is 0 Å². The van der Waals surface area contributed by atoms with Gasteiger partial charge in [-0.25, -0.2) is 0 Å². The van der Waals surface area contributed by atoms with Crippen LogP contribution in [0.5, 0.6) is 0 Å². The molecular weight excluding hydrogens is 240 g/mol. The lowest BCUT2D eigenvalue weighted by Gasteiger charge is -2.06. The van der Waals surface area contributed by atoms with E-state index in [1.807, 2.05) is 38.1 Å². The van der Waals surface area contributed by atoms with Gasteiger partial charge < -0.3 is 13.9 Å². The molecular formula is C16H16O3. The molecule has 0 amide bonds. The van der Waals surface area contributed by atoms with Gasteiger partial charge in [-0.05, 0) is 31.2 Å². The lowest BCUT2D eigenvalue weighted by molar-refractivity contribution is 0.190. The molecule has 1 aromatic carbocycles. The molecule has 2 heterocycles. The van der Waals surface area contributed by atoms with E-state index >= 15 is 0 Å². The molecule has 0 spiro atoms. The minimum atomic E-state index is -0.776. The number of aliphatic hydroxyl groups is 1. The first-order valence-corrected chi connectivity index (χ1v) is 6.43. The Morgan fingerprint density at radius 3 is 2.84 bits per heavy atom. The summed E-state index contributed by atoms with van der Waals surface area (Å²) in [6.45, 7) is 4.03. The summed E-state index contributed by atoms with van der Waals surface area (Å²) in [5, 5.41) is 11.4. The minimum Gasteiger partial charge on any atom is -0.469 e. The molecule has 19 heavy (non-hydrogen) atoms. The fourth-order valence-corrected chi connectivity index (χ4v) is 2.35. The summed E-state index contributed by atoms with van der Waals surface area (Å²) in [5.74, 6) is 1.35. The van der Waals surface area contributed by atoms with Crippen molar-refractivity contribution < 1.29 is 13.9 Å². The highest BCUT2D eigenvalue weighted by atomic mass is 16.4. The Morgan fingerprint density at radius 1 is 1.21 bits per heavy atom. The maximum atomic E-state index is 10.4. The highest BCUT2D eigenvalue weighted by molar-refractivity contribution is 5.78. The lowest BCUT2D eigenvalue weighted by Crippen LogP contribution is -1.99. The zero-order valence-corrected chi connectivity index (χ0v) is 11.0. The van der Waals surface area contributed by atoms with Crippen LogP contribution < -0.4 is 0 Å². The van der Waals surface area contributed by atoms with Crippen LogP contribution in [0.2, 0.25) is 0 Å². The van der Waals surface area contributed by atoms with Gasteiger partial charge in [0.25, 0.3) is 0 Å². The highest BCUT2D eigenvalue weighted by Crippen LogP contribution is 2.31. The van der Waals surface area contributed by atoms with Crippen molar-refractivity contribution in [3.05, 3.63) is 59.2 Å². The largest absolute Gasteiger partial charge is 0.469 e. The summed E-state index contributed by atoms with van der Waals surface area (Å²) >= 11 is 0. The van der Waals surface area contributed by atoms with Crippen molar-refractivity contribution in [2.75, 3.05) is 0 Å². The van der Waals surface area contributed by atoms with E-state index in [0.717, 1.165) is 28.7 Å². The Kier molecular flexibility index (Phi) is 2.91. The maximum Gasteiger partial charge on any atom is 0.140 e. The number of rotatable bonds is 3. The summed E-state index contributed by atoms with van der Waals surface area (Å²) in [7, 11) is 0. The second-order valence-electron chi connectivity index (χ2n) is 4.75. The molecule has 2 aromatic heterocycles. The quantitative estimate of drug-likeness (QED) is 0.771. The zero-order valence-electron chi connectivity index (χ0n) is 11.0. The molecule has 0 aliphatic rings. The smallest absolute Gasteiger partial charge is 0.140 e. The van der Waals surface area contributed by atoms with Gasteiger partial charge in [-0.3, -0.25) is 0 Å². The van der Waals surface area contributed by atoms with Crippen molar-refractivity contribution in [3.63, 3.8) is 0 Å². The average molecular weight is 256 g/mol. The van der Waals surface area contributed by atoms with Crippen molar-refractivity contribution in [1.29, 1.82) is 0 Å². The molecule has 3 aromatic rings. The van der Waals surface area contributed by atoms with E-state index in [2.05, 4.69) is 0 Å². The molecule has 1 N–H and O–H groups in total. The number of hydrogen-bond acceptors (Lipinski definition) is 3. The molecule has 98 valence electrons. The molecule has 3 heteroatoms. The third-order valence-electron chi connectivity index (χ3n) is 3.36. The van der Waals surface area contributed by atoms with Gasteiger partial charge >= 0.3 is 0 Å². The first-order chi connectivity index (χ1) is 9.19. The van der Waals surface area contributed by atoms with Crippen molar-refractivity contribution >= 4 is 11.0 Å². The van der Waals surface area contributed by atoms with E-state index < -0.39 is 6.10 Å². The highest BCUT2D eigenvalue weighted by Gasteiger charge is 2.20. The van der Waals surface area contributed by atoms with Gasteiger partial charge in [0.15, 0.2) is 0 Å². The van der Waals surface area contributed by atoms with Crippen LogP contribution in [-0.4, -0.2) is 5.11 Å². The van der Waals surface area contributed by atoms with Gasteiger partial charge in [0.05, 0.1) is 6.26 Å². The Morgan fingerprint density at radius 2 is 2.05 bits per heavy atom. The first-order valence-electron chi connectivity index (χ1n) is 6.43. The zero-order chi connectivity index (χ0) is 13.4. The van der Waals surface area contributed by atoms with Gasteiger partial charge in [0.1, 0.15) is 23.2 Å². The molecule has 1 atom stereocenters. The van der Waals surface area contributed by atoms with E-state index in [0.29, 0.717) is 5.76 Å². The van der Waals surface area contributed by atoms with E-state index in [1.54, 1.807) is 12.3 Å². The molecule has 0 aliphatic carbocycles. The fourth-order valence-electron chi connectivity index (χ4n) is 2.35. The third-order valence-corrected chi connectivity index (χ3v) is 3.36. The van der Waals surface area contributed by atoms with Crippen molar-refractivity contribution in [1.82, 2.24) is 0 Å². The number of benzene rings is 1. The summed E-state index contributed by atoms with van der Waals surface area (Å²) in [4.78, 5) is 0. The van der Waals surface area contributed by atoms with Crippen molar-refractivity contribution in [3.8, 4) is 0 Å². The Balaban J connectivity index is 2.04. The van der Waals surface area contributed by atoms with Gasteiger partial charge in [-0.15, -0.1) is 0 Å². The topological polar surface area (TPSA) is 46.5 Å². The second kappa shape index (κ2) is 4.59. The Hall–Kier alpha value is -2.00. The number of aliphatic hydroxyl groups excluding tert-OH is 1. The molecule has 1 unspecified atom stereocenters. The summed E-state index contributed by atoms with van der Waals surface area (Å²) < 4.78 is 11.1. The number of aryl methyl sites for hydroxylation is 2. The molecule has 0 radical (unpaired) electrons. The van der Waals surface area contributed by atoms with Crippen LogP contribution >= 0.6 is 0 Å². The Bertz CT molecular complexity index is 706. The number of furan rings is 2. The standard InChI is InChI=1S/C16H16O3/c1-3-13-12(6-7-18-13)16(17)15-9-11-8-10(2)4-5-14(11)19-15/h4-9,16-17H,3H2,1-2H3.